The number of sulfonamides is 1. The zero-order chi connectivity index (χ0) is 33.3. The molecule has 10 heteroatoms. The van der Waals surface area contributed by atoms with Crippen molar-refractivity contribution < 1.29 is 32.5 Å². The van der Waals surface area contributed by atoms with Gasteiger partial charge < -0.3 is 25.1 Å². The summed E-state index contributed by atoms with van der Waals surface area (Å²) in [5, 5.41) is 9.69. The number of nitrogens with zero attached hydrogens (tertiary/aromatic N) is 1. The minimum Gasteiger partial charge on any atom is -0.489 e. The highest BCUT2D eigenvalue weighted by Gasteiger charge is 2.50. The van der Waals surface area contributed by atoms with Gasteiger partial charge >= 0.3 is 0 Å². The van der Waals surface area contributed by atoms with Crippen LogP contribution >= 0.6 is 0 Å². The van der Waals surface area contributed by atoms with E-state index in [0.29, 0.717) is 32.0 Å². The van der Waals surface area contributed by atoms with Gasteiger partial charge in [0.05, 0.1) is 42.7 Å². The SMILES string of the molecule is CN(C[C@H](O)COCc1ccccc1)S(=O)(=O)C1CCC(COC2CCC(c3cccc(OCc4ccccc4)c3)CC2)(C(N)=O)C1. The van der Waals surface area contributed by atoms with Crippen molar-refractivity contribution >= 4 is 15.9 Å². The van der Waals surface area contributed by atoms with Gasteiger partial charge in [0.25, 0.3) is 0 Å². The topological polar surface area (TPSA) is 128 Å². The van der Waals surface area contributed by atoms with Gasteiger partial charge in [-0.3, -0.25) is 4.79 Å². The highest BCUT2D eigenvalue weighted by Crippen LogP contribution is 2.43. The van der Waals surface area contributed by atoms with Crippen LogP contribution in [0.1, 0.15) is 67.6 Å². The van der Waals surface area contributed by atoms with Gasteiger partial charge in [0, 0.05) is 13.6 Å². The normalized spacial score (nSPS) is 23.9. The van der Waals surface area contributed by atoms with Crippen LogP contribution in [0.15, 0.2) is 84.9 Å². The smallest absolute Gasteiger partial charge is 0.226 e. The van der Waals surface area contributed by atoms with Gasteiger partial charge in [0.15, 0.2) is 0 Å². The summed E-state index contributed by atoms with van der Waals surface area (Å²) < 4.78 is 46.0. The molecule has 9 nitrogen and oxygen atoms in total. The van der Waals surface area contributed by atoms with Crippen LogP contribution in [0.25, 0.3) is 0 Å². The lowest BCUT2D eigenvalue weighted by Crippen LogP contribution is -2.44. The van der Waals surface area contributed by atoms with Crippen LogP contribution in [0.5, 0.6) is 5.75 Å². The molecule has 5 rings (SSSR count). The zero-order valence-electron chi connectivity index (χ0n) is 27.2. The molecule has 0 saturated heterocycles. The number of hydrogen-bond donors (Lipinski definition) is 2. The van der Waals surface area contributed by atoms with Gasteiger partial charge in [-0.25, -0.2) is 12.7 Å². The van der Waals surface area contributed by atoms with Gasteiger partial charge in [0.1, 0.15) is 12.4 Å². The molecule has 2 fully saturated rings. The summed E-state index contributed by atoms with van der Waals surface area (Å²) in [5.74, 6) is 0.736. The number of benzene rings is 3. The Balaban J connectivity index is 1.07. The molecular formula is C37H48N2O7S. The molecule has 2 aliphatic carbocycles. The maximum absolute atomic E-state index is 13.5. The Morgan fingerprint density at radius 3 is 2.26 bits per heavy atom. The molecule has 3 aromatic carbocycles. The summed E-state index contributed by atoms with van der Waals surface area (Å²) in [5.41, 5.74) is 8.21. The van der Waals surface area contributed by atoms with E-state index in [1.165, 1.54) is 16.9 Å². The molecule has 254 valence electrons. The van der Waals surface area contributed by atoms with Crippen molar-refractivity contribution in [3.8, 4) is 5.75 Å². The molecule has 0 spiro atoms. The first kappa shape index (κ1) is 35.0. The second-order valence-corrected chi connectivity index (χ2v) is 15.4. The number of primary amides is 1. The number of likely N-dealkylation sites (N-methyl/N-ethyl adjacent to an activating group) is 1. The maximum atomic E-state index is 13.5. The number of aliphatic hydroxyl groups excluding tert-OH is 1. The Bertz CT molecular complexity index is 1530. The van der Waals surface area contributed by atoms with Crippen LogP contribution in [-0.4, -0.2) is 68.0 Å². The van der Waals surface area contributed by atoms with Crippen molar-refractivity contribution in [1.82, 2.24) is 4.31 Å². The van der Waals surface area contributed by atoms with E-state index in [-0.39, 0.29) is 32.3 Å². The number of aliphatic hydroxyl groups is 1. The van der Waals surface area contributed by atoms with E-state index in [0.717, 1.165) is 42.6 Å². The molecule has 3 atom stereocenters. The van der Waals surface area contributed by atoms with E-state index in [9.17, 15) is 18.3 Å². The first-order valence-corrected chi connectivity index (χ1v) is 18.1. The molecule has 3 aromatic rings. The van der Waals surface area contributed by atoms with Crippen molar-refractivity contribution in [2.45, 2.75) is 81.5 Å². The first-order valence-electron chi connectivity index (χ1n) is 16.6. The van der Waals surface area contributed by atoms with E-state index >= 15 is 0 Å². The maximum Gasteiger partial charge on any atom is 0.226 e. The van der Waals surface area contributed by atoms with Gasteiger partial charge in [0.2, 0.25) is 15.9 Å². The Kier molecular flexibility index (Phi) is 12.1. The number of nitrogens with two attached hydrogens (primary N) is 1. The third-order valence-electron chi connectivity index (χ3n) is 9.68. The van der Waals surface area contributed by atoms with Crippen molar-refractivity contribution in [2.75, 3.05) is 26.8 Å². The molecule has 0 radical (unpaired) electrons. The Hall–Kier alpha value is -3.28. The van der Waals surface area contributed by atoms with E-state index in [1.54, 1.807) is 0 Å². The molecule has 0 aromatic heterocycles. The van der Waals surface area contributed by atoms with Gasteiger partial charge in [-0.1, -0.05) is 72.8 Å². The lowest BCUT2D eigenvalue weighted by Gasteiger charge is -2.33. The highest BCUT2D eigenvalue weighted by molar-refractivity contribution is 7.89. The third-order valence-corrected chi connectivity index (χ3v) is 11.9. The summed E-state index contributed by atoms with van der Waals surface area (Å²) in [6, 6.07) is 28.0. The molecule has 2 saturated carbocycles. The van der Waals surface area contributed by atoms with Crippen LogP contribution in [0.3, 0.4) is 0 Å². The number of carbonyl (C=O) groups is 1. The predicted octanol–water partition coefficient (Wildman–Crippen LogP) is 5.17. The largest absolute Gasteiger partial charge is 0.489 e. The summed E-state index contributed by atoms with van der Waals surface area (Å²) in [6.45, 7) is 0.882. The lowest BCUT2D eigenvalue weighted by atomic mass is 9.82. The van der Waals surface area contributed by atoms with Gasteiger partial charge in [-0.15, -0.1) is 0 Å². The minimum absolute atomic E-state index is 0.00814. The predicted molar refractivity (Wildman–Crippen MR) is 181 cm³/mol. The van der Waals surface area contributed by atoms with Crippen molar-refractivity contribution in [3.63, 3.8) is 0 Å². The average molecular weight is 665 g/mol. The number of hydrogen-bond acceptors (Lipinski definition) is 7. The van der Waals surface area contributed by atoms with Crippen LogP contribution < -0.4 is 10.5 Å². The van der Waals surface area contributed by atoms with Crippen molar-refractivity contribution in [3.05, 3.63) is 102 Å². The second kappa shape index (κ2) is 16.2. The molecule has 0 heterocycles. The minimum atomic E-state index is -3.78. The third kappa shape index (κ3) is 9.42. The van der Waals surface area contributed by atoms with Crippen LogP contribution in [-0.2, 0) is 37.5 Å². The fourth-order valence-corrected chi connectivity index (χ4v) is 8.63. The first-order chi connectivity index (χ1) is 22.6. The highest BCUT2D eigenvalue weighted by atomic mass is 32.2. The molecule has 0 bridgehead atoms. The van der Waals surface area contributed by atoms with E-state index in [1.807, 2.05) is 72.8 Å². The summed E-state index contributed by atoms with van der Waals surface area (Å²) in [7, 11) is -2.32. The lowest BCUT2D eigenvalue weighted by molar-refractivity contribution is -0.133. The standard InChI is InChI=1S/C37H48N2O7S/c1-39(23-32(40)26-44-24-28-9-4-2-5-10-28)47(42,43)35-19-20-37(22-35,36(38)41)27-46-33-17-15-30(16-18-33)31-13-8-14-34(21-31)45-25-29-11-6-3-7-12-29/h2-14,21,30,32-33,35,40H,15-20,22-27H2,1H3,(H2,38,41)/t30?,32-,33?,35?,37?/m0/s1. The number of rotatable bonds is 16. The van der Waals surface area contributed by atoms with E-state index < -0.39 is 32.7 Å². The molecule has 1 amide bonds. The summed E-state index contributed by atoms with van der Waals surface area (Å²) in [6.07, 6.45) is 3.40. The fourth-order valence-electron chi connectivity index (χ4n) is 6.79. The van der Waals surface area contributed by atoms with Crippen LogP contribution in [0.2, 0.25) is 0 Å². The molecule has 47 heavy (non-hydrogen) atoms. The fraction of sp³-hybridized carbons (Fsp3) is 0.486. The van der Waals surface area contributed by atoms with E-state index in [2.05, 4.69) is 12.1 Å². The second-order valence-electron chi connectivity index (χ2n) is 13.1. The quantitative estimate of drug-likeness (QED) is 0.216. The molecule has 3 N–H and O–H groups in total. The number of amides is 1. The molecule has 0 aliphatic heterocycles. The monoisotopic (exact) mass is 664 g/mol. The number of ether oxygens (including phenoxy) is 3. The van der Waals surface area contributed by atoms with Crippen molar-refractivity contribution in [2.24, 2.45) is 11.1 Å². The van der Waals surface area contributed by atoms with Gasteiger partial charge in [-0.2, -0.15) is 0 Å². The van der Waals surface area contributed by atoms with E-state index in [4.69, 9.17) is 19.9 Å². The Morgan fingerprint density at radius 1 is 0.936 bits per heavy atom. The molecular weight excluding hydrogens is 616 g/mol. The molecule has 2 aliphatic rings. The van der Waals surface area contributed by atoms with Gasteiger partial charge in [-0.05, 0) is 79.7 Å². The Morgan fingerprint density at radius 2 is 1.60 bits per heavy atom. The molecule has 2 unspecified atom stereocenters. The summed E-state index contributed by atoms with van der Waals surface area (Å²) in [4.78, 5) is 12.7. The van der Waals surface area contributed by atoms with Crippen molar-refractivity contribution in [1.29, 1.82) is 0 Å². The van der Waals surface area contributed by atoms with Crippen LogP contribution in [0, 0.1) is 5.41 Å². The average Bonchev–Trinajstić information content (AvgIpc) is 3.55. The zero-order valence-corrected chi connectivity index (χ0v) is 28.0. The summed E-state index contributed by atoms with van der Waals surface area (Å²) >= 11 is 0. The van der Waals surface area contributed by atoms with Crippen LogP contribution in [0.4, 0.5) is 0 Å². The number of carbonyl (C=O) groups excluding carboxylic acids is 1. The Labute approximate surface area is 279 Å².